The van der Waals surface area contributed by atoms with Crippen LogP contribution in [0, 0.1) is 4.77 Å². The molecule has 7 heteroatoms. The Balaban J connectivity index is 1.96. The Morgan fingerprint density at radius 1 is 1.35 bits per heavy atom. The highest BCUT2D eigenvalue weighted by Crippen LogP contribution is 2.23. The molecule has 3 rings (SSSR count). The molecule has 2 heterocycles. The van der Waals surface area contributed by atoms with Crippen molar-refractivity contribution in [3.05, 3.63) is 53.2 Å². The SMILES string of the molecule is CC(C)Oc1cccc(-c2n[nH]c(=S)n2/N=C/c2ccco2)c1. The number of ether oxygens (including phenoxy) is 1. The van der Waals surface area contributed by atoms with Crippen molar-refractivity contribution in [2.24, 2.45) is 5.10 Å². The lowest BCUT2D eigenvalue weighted by atomic mass is 10.2. The van der Waals surface area contributed by atoms with Gasteiger partial charge in [0.05, 0.1) is 18.6 Å². The van der Waals surface area contributed by atoms with Gasteiger partial charge in [-0.25, -0.2) is 5.10 Å². The number of nitrogens with zero attached hydrogens (tertiary/aromatic N) is 3. The first-order chi connectivity index (χ1) is 11.1. The van der Waals surface area contributed by atoms with E-state index in [9.17, 15) is 0 Å². The van der Waals surface area contributed by atoms with E-state index in [1.54, 1.807) is 23.2 Å². The van der Waals surface area contributed by atoms with Gasteiger partial charge in [0.2, 0.25) is 4.77 Å². The van der Waals surface area contributed by atoms with Gasteiger partial charge in [-0.2, -0.15) is 14.9 Å². The third kappa shape index (κ3) is 3.57. The maximum atomic E-state index is 5.72. The van der Waals surface area contributed by atoms with Crippen LogP contribution >= 0.6 is 12.2 Å². The highest BCUT2D eigenvalue weighted by atomic mass is 32.1. The minimum atomic E-state index is 0.100. The van der Waals surface area contributed by atoms with E-state index in [-0.39, 0.29) is 6.10 Å². The summed E-state index contributed by atoms with van der Waals surface area (Å²) >= 11 is 5.24. The molecule has 0 saturated carbocycles. The molecule has 6 nitrogen and oxygen atoms in total. The Kier molecular flexibility index (Phi) is 4.38. The minimum absolute atomic E-state index is 0.100. The quantitative estimate of drug-likeness (QED) is 0.570. The van der Waals surface area contributed by atoms with Crippen molar-refractivity contribution in [3.8, 4) is 17.1 Å². The number of hydrogen-bond donors (Lipinski definition) is 1. The first-order valence-corrected chi connectivity index (χ1v) is 7.56. The predicted octanol–water partition coefficient (Wildman–Crippen LogP) is 3.87. The standard InChI is InChI=1S/C16H16N4O2S/c1-11(2)22-13-6-3-5-12(9-13)15-18-19-16(23)20(15)17-10-14-7-4-8-21-14/h3-11H,1-2H3,(H,19,23)/b17-10+. The zero-order chi connectivity index (χ0) is 16.2. The molecule has 0 spiro atoms. The van der Waals surface area contributed by atoms with Crippen LogP contribution in [0.4, 0.5) is 0 Å². The van der Waals surface area contributed by atoms with Crippen molar-refractivity contribution in [2.45, 2.75) is 20.0 Å². The largest absolute Gasteiger partial charge is 0.491 e. The molecular weight excluding hydrogens is 312 g/mol. The van der Waals surface area contributed by atoms with Gasteiger partial charge in [0.25, 0.3) is 0 Å². The average Bonchev–Trinajstić information content (AvgIpc) is 3.14. The third-order valence-electron chi connectivity index (χ3n) is 2.96. The highest BCUT2D eigenvalue weighted by Gasteiger charge is 2.09. The van der Waals surface area contributed by atoms with E-state index in [1.807, 2.05) is 44.2 Å². The van der Waals surface area contributed by atoms with Gasteiger partial charge in [-0.3, -0.25) is 0 Å². The minimum Gasteiger partial charge on any atom is -0.491 e. The van der Waals surface area contributed by atoms with Crippen molar-refractivity contribution in [1.82, 2.24) is 14.9 Å². The van der Waals surface area contributed by atoms with Gasteiger partial charge in [-0.15, -0.1) is 0 Å². The molecule has 23 heavy (non-hydrogen) atoms. The van der Waals surface area contributed by atoms with Gasteiger partial charge in [0.15, 0.2) is 5.82 Å². The Morgan fingerprint density at radius 2 is 2.22 bits per heavy atom. The summed E-state index contributed by atoms with van der Waals surface area (Å²) in [5.41, 5.74) is 0.854. The molecule has 2 aromatic heterocycles. The molecule has 0 bridgehead atoms. The lowest BCUT2D eigenvalue weighted by Crippen LogP contribution is -2.05. The predicted molar refractivity (Wildman–Crippen MR) is 90.3 cm³/mol. The van der Waals surface area contributed by atoms with E-state index in [1.165, 1.54) is 0 Å². The molecule has 3 aromatic rings. The highest BCUT2D eigenvalue weighted by molar-refractivity contribution is 7.71. The second-order valence-corrected chi connectivity index (χ2v) is 5.51. The Labute approximate surface area is 138 Å². The molecular formula is C16H16N4O2S. The fraction of sp³-hybridized carbons (Fsp3) is 0.188. The second-order valence-electron chi connectivity index (χ2n) is 5.12. The van der Waals surface area contributed by atoms with Gasteiger partial charge in [-0.1, -0.05) is 12.1 Å². The normalized spacial score (nSPS) is 11.4. The molecule has 0 aliphatic carbocycles. The zero-order valence-electron chi connectivity index (χ0n) is 12.8. The van der Waals surface area contributed by atoms with Crippen LogP contribution in [-0.4, -0.2) is 27.2 Å². The summed E-state index contributed by atoms with van der Waals surface area (Å²) in [5.74, 6) is 2.01. The Hall–Kier alpha value is -2.67. The van der Waals surface area contributed by atoms with Crippen LogP contribution in [0.2, 0.25) is 0 Å². The summed E-state index contributed by atoms with van der Waals surface area (Å²) in [6.45, 7) is 3.97. The molecule has 118 valence electrons. The van der Waals surface area contributed by atoms with Crippen LogP contribution in [0.25, 0.3) is 11.4 Å². The van der Waals surface area contributed by atoms with Gasteiger partial charge in [0, 0.05) is 5.56 Å². The van der Waals surface area contributed by atoms with Crippen LogP contribution < -0.4 is 4.74 Å². The van der Waals surface area contributed by atoms with Crippen molar-refractivity contribution in [1.29, 1.82) is 0 Å². The van der Waals surface area contributed by atoms with E-state index in [0.29, 0.717) is 16.4 Å². The molecule has 0 fully saturated rings. The molecule has 0 unspecified atom stereocenters. The third-order valence-corrected chi connectivity index (χ3v) is 3.22. The monoisotopic (exact) mass is 328 g/mol. The van der Waals surface area contributed by atoms with E-state index >= 15 is 0 Å². The van der Waals surface area contributed by atoms with E-state index in [0.717, 1.165) is 11.3 Å². The maximum Gasteiger partial charge on any atom is 0.216 e. The molecule has 0 aliphatic rings. The molecule has 0 saturated heterocycles. The number of hydrogen-bond acceptors (Lipinski definition) is 5. The number of benzene rings is 1. The van der Waals surface area contributed by atoms with E-state index < -0.39 is 0 Å². The van der Waals surface area contributed by atoms with Crippen molar-refractivity contribution in [3.63, 3.8) is 0 Å². The Bertz CT molecular complexity index is 862. The average molecular weight is 328 g/mol. The maximum absolute atomic E-state index is 5.72. The van der Waals surface area contributed by atoms with E-state index in [4.69, 9.17) is 21.4 Å². The number of H-pyrrole nitrogens is 1. The second kappa shape index (κ2) is 6.62. The van der Waals surface area contributed by atoms with Crippen LogP contribution in [0.5, 0.6) is 5.75 Å². The smallest absolute Gasteiger partial charge is 0.216 e. The fourth-order valence-electron chi connectivity index (χ4n) is 2.05. The summed E-state index contributed by atoms with van der Waals surface area (Å²) in [6.07, 6.45) is 3.27. The van der Waals surface area contributed by atoms with Crippen LogP contribution in [0.1, 0.15) is 19.6 Å². The number of aromatic amines is 1. The topological polar surface area (TPSA) is 68.3 Å². The summed E-state index contributed by atoms with van der Waals surface area (Å²) in [7, 11) is 0. The first-order valence-electron chi connectivity index (χ1n) is 7.16. The molecule has 1 N–H and O–H groups in total. The number of rotatable bonds is 5. The van der Waals surface area contributed by atoms with Crippen molar-refractivity contribution < 1.29 is 9.15 Å². The molecule has 0 amide bonds. The molecule has 0 atom stereocenters. The van der Waals surface area contributed by atoms with Crippen LogP contribution in [0.3, 0.4) is 0 Å². The summed E-state index contributed by atoms with van der Waals surface area (Å²) in [6, 6.07) is 11.3. The lowest BCUT2D eigenvalue weighted by molar-refractivity contribution is 0.242. The van der Waals surface area contributed by atoms with Crippen molar-refractivity contribution >= 4 is 18.4 Å². The van der Waals surface area contributed by atoms with Crippen molar-refractivity contribution in [2.75, 3.05) is 0 Å². The Morgan fingerprint density at radius 3 is 2.96 bits per heavy atom. The zero-order valence-corrected chi connectivity index (χ0v) is 13.6. The summed E-state index contributed by atoms with van der Waals surface area (Å²) in [5, 5.41) is 11.3. The van der Waals surface area contributed by atoms with E-state index in [2.05, 4.69) is 15.3 Å². The number of nitrogens with one attached hydrogen (secondary N) is 1. The molecule has 1 aromatic carbocycles. The number of furan rings is 1. The summed E-state index contributed by atoms with van der Waals surface area (Å²) < 4.78 is 12.9. The van der Waals surface area contributed by atoms with Gasteiger partial charge in [-0.05, 0) is 50.3 Å². The lowest BCUT2D eigenvalue weighted by Gasteiger charge is -2.10. The van der Waals surface area contributed by atoms with Gasteiger partial charge >= 0.3 is 0 Å². The summed E-state index contributed by atoms with van der Waals surface area (Å²) in [4.78, 5) is 0. The number of aromatic nitrogens is 3. The molecule has 0 radical (unpaired) electrons. The molecule has 0 aliphatic heterocycles. The van der Waals surface area contributed by atoms with Gasteiger partial charge < -0.3 is 9.15 Å². The van der Waals surface area contributed by atoms with Crippen LogP contribution in [0.15, 0.2) is 52.2 Å². The van der Waals surface area contributed by atoms with Crippen LogP contribution in [-0.2, 0) is 0 Å². The first kappa shape index (κ1) is 15.2. The van der Waals surface area contributed by atoms with Gasteiger partial charge in [0.1, 0.15) is 11.5 Å². The fourth-order valence-corrected chi connectivity index (χ4v) is 2.22.